The highest BCUT2D eigenvalue weighted by Crippen LogP contribution is 2.20. The summed E-state index contributed by atoms with van der Waals surface area (Å²) in [4.78, 5) is 31.6. The number of carbonyl (C=O) groups excluding carboxylic acids is 1. The molecule has 1 atom stereocenters. The summed E-state index contributed by atoms with van der Waals surface area (Å²) < 4.78 is 0. The molecule has 24 heavy (non-hydrogen) atoms. The molecule has 0 radical (unpaired) electrons. The number of amides is 2. The van der Waals surface area contributed by atoms with Gasteiger partial charge in [0.15, 0.2) is 0 Å². The minimum absolute atomic E-state index is 0.00891. The molecule has 0 bridgehead atoms. The fourth-order valence-corrected chi connectivity index (χ4v) is 2.27. The maximum atomic E-state index is 12.1. The van der Waals surface area contributed by atoms with Crippen LogP contribution in [0.15, 0.2) is 29.5 Å². The third-order valence-corrected chi connectivity index (χ3v) is 3.48. The predicted octanol–water partition coefficient (Wildman–Crippen LogP) is 1.71. The summed E-state index contributed by atoms with van der Waals surface area (Å²) in [6.07, 6.45) is 5.79. The van der Waals surface area contributed by atoms with Gasteiger partial charge in [0.25, 0.3) is 0 Å². The second kappa shape index (κ2) is 6.96. The van der Waals surface area contributed by atoms with Crippen molar-refractivity contribution in [3.05, 3.63) is 35.7 Å². The van der Waals surface area contributed by atoms with E-state index in [1.54, 1.807) is 32.3 Å². The standard InChI is InChI=1S/C17H18N4O3/c1-4-5-12-8-13(11-18-10-12)6-7-17(2)9-14(22)21(3)15(20-17)19-16(23)24/h6-8,10-11H,9H2,1-3H3,(H,19,20)(H,23,24)/t17-/m1/s1. The molecule has 2 rings (SSSR count). The Balaban J connectivity index is 2.26. The summed E-state index contributed by atoms with van der Waals surface area (Å²) in [5.41, 5.74) is 0.886. The molecule has 0 saturated carbocycles. The molecule has 2 N–H and O–H groups in total. The van der Waals surface area contributed by atoms with E-state index >= 15 is 0 Å². The number of nitrogens with one attached hydrogen (secondary N) is 1. The summed E-state index contributed by atoms with van der Waals surface area (Å²) in [5.74, 6) is 5.53. The van der Waals surface area contributed by atoms with Crippen LogP contribution in [0.2, 0.25) is 0 Å². The topological polar surface area (TPSA) is 94.9 Å². The third kappa shape index (κ3) is 4.20. The van der Waals surface area contributed by atoms with Crippen molar-refractivity contribution >= 4 is 24.0 Å². The maximum absolute atomic E-state index is 12.1. The first-order valence-corrected chi connectivity index (χ1v) is 7.26. The van der Waals surface area contributed by atoms with Crippen LogP contribution in [0.4, 0.5) is 4.79 Å². The van der Waals surface area contributed by atoms with E-state index < -0.39 is 11.6 Å². The van der Waals surface area contributed by atoms with Gasteiger partial charge >= 0.3 is 6.09 Å². The molecule has 7 heteroatoms. The summed E-state index contributed by atoms with van der Waals surface area (Å²) in [5, 5.41) is 11.8. The Hall–Kier alpha value is -3.14. The minimum atomic E-state index is -1.36. The Kier molecular flexibility index (Phi) is 4.99. The smallest absolute Gasteiger partial charge is 0.434 e. The van der Waals surface area contributed by atoms with E-state index in [1.165, 1.54) is 11.9 Å². The molecule has 2 amide bonds. The number of hydrogen-bond acceptors (Lipinski definition) is 3. The van der Waals surface area contributed by atoms with Crippen molar-refractivity contribution in [1.29, 1.82) is 0 Å². The van der Waals surface area contributed by atoms with Crippen LogP contribution in [-0.4, -0.2) is 45.5 Å². The molecule has 124 valence electrons. The van der Waals surface area contributed by atoms with E-state index in [2.05, 4.69) is 27.1 Å². The monoisotopic (exact) mass is 326 g/mol. The Labute approximate surface area is 140 Å². The average Bonchev–Trinajstić information content (AvgIpc) is 2.51. The SMILES string of the molecule is CC#Cc1cncc(C=C[C@]2(C)CC(=O)N(C)C(=NC(=O)O)N2)c1. The molecule has 1 fully saturated rings. The zero-order valence-electron chi connectivity index (χ0n) is 13.7. The van der Waals surface area contributed by atoms with E-state index in [9.17, 15) is 9.59 Å². The van der Waals surface area contributed by atoms with Crippen molar-refractivity contribution in [3.63, 3.8) is 0 Å². The molecule has 0 aromatic carbocycles. The van der Waals surface area contributed by atoms with E-state index in [4.69, 9.17) is 5.11 Å². The number of rotatable bonds is 2. The molecule has 1 aromatic heterocycles. The van der Waals surface area contributed by atoms with Gasteiger partial charge in [0, 0.05) is 25.0 Å². The van der Waals surface area contributed by atoms with Gasteiger partial charge in [-0.1, -0.05) is 18.1 Å². The number of carbonyl (C=O) groups is 2. The first-order valence-electron chi connectivity index (χ1n) is 7.26. The summed E-state index contributed by atoms with van der Waals surface area (Å²) in [7, 11) is 1.48. The van der Waals surface area contributed by atoms with Gasteiger partial charge < -0.3 is 10.4 Å². The van der Waals surface area contributed by atoms with E-state index in [-0.39, 0.29) is 18.3 Å². The van der Waals surface area contributed by atoms with Crippen molar-refractivity contribution in [2.75, 3.05) is 7.05 Å². The molecular weight excluding hydrogens is 308 g/mol. The lowest BCUT2D eigenvalue weighted by atomic mass is 9.93. The first kappa shape index (κ1) is 17.2. The van der Waals surface area contributed by atoms with Gasteiger partial charge in [-0.25, -0.2) is 4.79 Å². The molecule has 1 aromatic rings. The Morgan fingerprint density at radius 3 is 2.96 bits per heavy atom. The van der Waals surface area contributed by atoms with E-state index in [0.29, 0.717) is 0 Å². The highest BCUT2D eigenvalue weighted by Gasteiger charge is 2.35. The van der Waals surface area contributed by atoms with Gasteiger partial charge in [0.2, 0.25) is 11.9 Å². The van der Waals surface area contributed by atoms with Crippen LogP contribution < -0.4 is 5.32 Å². The number of pyridine rings is 1. The van der Waals surface area contributed by atoms with Crippen molar-refractivity contribution < 1.29 is 14.7 Å². The molecule has 0 unspecified atom stereocenters. The van der Waals surface area contributed by atoms with Crippen molar-refractivity contribution in [2.24, 2.45) is 4.99 Å². The fraction of sp³-hybridized carbons (Fsp3) is 0.294. The number of aliphatic imine (C=N–C) groups is 1. The van der Waals surface area contributed by atoms with Crippen LogP contribution in [0.1, 0.15) is 31.4 Å². The lowest BCUT2D eigenvalue weighted by Crippen LogP contribution is -2.59. The molecule has 0 spiro atoms. The van der Waals surface area contributed by atoms with E-state index in [0.717, 1.165) is 11.1 Å². The van der Waals surface area contributed by atoms with Crippen molar-refractivity contribution in [3.8, 4) is 11.8 Å². The largest absolute Gasteiger partial charge is 0.463 e. The molecule has 1 saturated heterocycles. The maximum Gasteiger partial charge on any atom is 0.434 e. The molecule has 1 aliphatic rings. The summed E-state index contributed by atoms with van der Waals surface area (Å²) >= 11 is 0. The van der Waals surface area contributed by atoms with Gasteiger partial charge in [-0.15, -0.1) is 10.9 Å². The van der Waals surface area contributed by atoms with Crippen molar-refractivity contribution in [1.82, 2.24) is 15.2 Å². The highest BCUT2D eigenvalue weighted by atomic mass is 16.4. The normalized spacial score (nSPS) is 22.2. The minimum Gasteiger partial charge on any atom is -0.463 e. The van der Waals surface area contributed by atoms with Crippen LogP contribution in [0.5, 0.6) is 0 Å². The highest BCUT2D eigenvalue weighted by molar-refractivity contribution is 6.03. The van der Waals surface area contributed by atoms with Crippen LogP contribution >= 0.6 is 0 Å². The molecular formula is C17H18N4O3. The number of carboxylic acid groups (broad SMARTS) is 1. The number of aromatic nitrogens is 1. The predicted molar refractivity (Wildman–Crippen MR) is 90.2 cm³/mol. The fourth-order valence-electron chi connectivity index (χ4n) is 2.27. The molecule has 2 heterocycles. The Bertz CT molecular complexity index is 789. The van der Waals surface area contributed by atoms with Gasteiger partial charge in [-0.2, -0.15) is 0 Å². The summed E-state index contributed by atoms with van der Waals surface area (Å²) in [6, 6.07) is 1.88. The second-order valence-electron chi connectivity index (χ2n) is 5.61. The van der Waals surface area contributed by atoms with Crippen LogP contribution in [-0.2, 0) is 4.79 Å². The van der Waals surface area contributed by atoms with Crippen LogP contribution in [0.3, 0.4) is 0 Å². The van der Waals surface area contributed by atoms with Crippen molar-refractivity contribution in [2.45, 2.75) is 25.8 Å². The van der Waals surface area contributed by atoms with Gasteiger partial charge in [-0.3, -0.25) is 14.7 Å². The number of hydrogen-bond donors (Lipinski definition) is 2. The molecule has 7 nitrogen and oxygen atoms in total. The van der Waals surface area contributed by atoms with Crippen LogP contribution in [0, 0.1) is 11.8 Å². The molecule has 0 aliphatic carbocycles. The van der Waals surface area contributed by atoms with E-state index in [1.807, 2.05) is 12.1 Å². The average molecular weight is 326 g/mol. The quantitative estimate of drug-likeness (QED) is 0.807. The Morgan fingerprint density at radius 1 is 1.54 bits per heavy atom. The first-order chi connectivity index (χ1) is 11.3. The van der Waals surface area contributed by atoms with Gasteiger partial charge in [0.05, 0.1) is 12.0 Å². The number of guanidine groups is 1. The lowest BCUT2D eigenvalue weighted by Gasteiger charge is -2.37. The van der Waals surface area contributed by atoms with Gasteiger partial charge in [0.1, 0.15) is 0 Å². The third-order valence-electron chi connectivity index (χ3n) is 3.48. The number of nitrogens with zero attached hydrogens (tertiary/aromatic N) is 3. The second-order valence-corrected chi connectivity index (χ2v) is 5.61. The lowest BCUT2D eigenvalue weighted by molar-refractivity contribution is -0.128. The zero-order valence-corrected chi connectivity index (χ0v) is 13.7. The van der Waals surface area contributed by atoms with Crippen LogP contribution in [0.25, 0.3) is 6.08 Å². The summed E-state index contributed by atoms with van der Waals surface area (Å²) in [6.45, 7) is 3.55. The Morgan fingerprint density at radius 2 is 2.29 bits per heavy atom. The van der Waals surface area contributed by atoms with Gasteiger partial charge in [-0.05, 0) is 25.5 Å². The molecule has 1 aliphatic heterocycles. The zero-order chi connectivity index (χ0) is 17.7.